The molecule has 6 nitrogen and oxygen atoms in total. The number of nitrogens with zero attached hydrogens (tertiary/aromatic N) is 3. The average molecular weight is 498 g/mol. The van der Waals surface area contributed by atoms with Crippen molar-refractivity contribution in [2.45, 2.75) is 121 Å². The molecule has 0 aromatic carbocycles. The van der Waals surface area contributed by atoms with Gasteiger partial charge in [-0.3, -0.25) is 9.89 Å². The van der Waals surface area contributed by atoms with Gasteiger partial charge in [-0.15, -0.1) is 0 Å². The summed E-state index contributed by atoms with van der Waals surface area (Å²) in [4.78, 5) is 22.8. The molecule has 6 heteroatoms. The monoisotopic (exact) mass is 497 g/mol. The van der Waals surface area contributed by atoms with Crippen LogP contribution in [0.3, 0.4) is 0 Å². The quantitative estimate of drug-likeness (QED) is 0.413. The van der Waals surface area contributed by atoms with Gasteiger partial charge in [0, 0.05) is 29.8 Å². The van der Waals surface area contributed by atoms with Crippen molar-refractivity contribution in [3.8, 4) is 0 Å². The zero-order chi connectivity index (χ0) is 25.1. The Morgan fingerprint density at radius 1 is 1.03 bits per heavy atom. The van der Waals surface area contributed by atoms with Gasteiger partial charge in [0.15, 0.2) is 5.72 Å². The van der Waals surface area contributed by atoms with Crippen LogP contribution in [0.2, 0.25) is 0 Å². The largest absolute Gasteiger partial charge is 0.459 e. The molecule has 0 aromatic rings. The van der Waals surface area contributed by atoms with Crippen molar-refractivity contribution in [2.24, 2.45) is 28.2 Å². The molecule has 0 bridgehead atoms. The van der Waals surface area contributed by atoms with Crippen molar-refractivity contribution >= 4 is 12.2 Å². The fraction of sp³-hybridized carbons (Fsp3) is 0.867. The lowest BCUT2D eigenvalue weighted by atomic mass is 9.62. The number of rotatable bonds is 3. The minimum atomic E-state index is -0.420. The predicted molar refractivity (Wildman–Crippen MR) is 142 cm³/mol. The summed E-state index contributed by atoms with van der Waals surface area (Å²) < 4.78 is 13.2. The molecule has 3 aliphatic heterocycles. The number of likely N-dealkylation sites (tertiary alicyclic amines) is 2. The lowest BCUT2D eigenvalue weighted by Gasteiger charge is -2.57. The van der Waals surface area contributed by atoms with Crippen LogP contribution in [0.15, 0.2) is 17.6 Å². The second-order valence-electron chi connectivity index (χ2n) is 13.2. The first-order valence-electron chi connectivity index (χ1n) is 14.9. The first kappa shape index (κ1) is 25.1. The van der Waals surface area contributed by atoms with E-state index in [4.69, 9.17) is 14.5 Å². The lowest BCUT2D eigenvalue weighted by molar-refractivity contribution is -0.205. The van der Waals surface area contributed by atoms with Crippen molar-refractivity contribution in [3.63, 3.8) is 0 Å². The molecule has 200 valence electrons. The second kappa shape index (κ2) is 9.50. The average Bonchev–Trinajstić information content (AvgIpc) is 3.06. The van der Waals surface area contributed by atoms with Crippen LogP contribution in [0.5, 0.6) is 0 Å². The van der Waals surface area contributed by atoms with Crippen molar-refractivity contribution < 1.29 is 14.3 Å². The Kier molecular flexibility index (Phi) is 6.61. The van der Waals surface area contributed by atoms with E-state index in [0.29, 0.717) is 29.8 Å². The van der Waals surface area contributed by atoms with E-state index in [1.165, 1.54) is 64.1 Å². The standard InChI is InChI=1S/C30H47N3O3/c1-5-27(34)35-20-13-14-21-22(17-20)28-26(18-25(21)33-15-9-6-10-16-33)36-30(19-31-28)29(2,3)23-11-7-8-12-24(23)32(30)4/h5,19-26,28H,1,6-18H2,2-4H3. The summed E-state index contributed by atoms with van der Waals surface area (Å²) in [5.41, 5.74) is -0.385. The molecule has 9 unspecified atom stereocenters. The van der Waals surface area contributed by atoms with Crippen LogP contribution in [0, 0.1) is 23.2 Å². The normalized spacial score (nSPS) is 46.5. The number of esters is 1. The lowest BCUT2D eigenvalue weighted by Crippen LogP contribution is -2.66. The Morgan fingerprint density at radius 2 is 1.81 bits per heavy atom. The highest BCUT2D eigenvalue weighted by atomic mass is 16.5. The molecule has 0 N–H and O–H groups in total. The Bertz CT molecular complexity index is 883. The molecule has 6 rings (SSSR count). The summed E-state index contributed by atoms with van der Waals surface area (Å²) in [5, 5.41) is 0. The van der Waals surface area contributed by atoms with Crippen LogP contribution in [0.25, 0.3) is 0 Å². The molecule has 3 heterocycles. The molecule has 0 radical (unpaired) electrons. The molecule has 6 aliphatic rings. The Hall–Kier alpha value is -1.24. The van der Waals surface area contributed by atoms with Gasteiger partial charge in [0.05, 0.1) is 12.1 Å². The summed E-state index contributed by atoms with van der Waals surface area (Å²) >= 11 is 0. The number of aliphatic imine (C=N–C) groups is 1. The van der Waals surface area contributed by atoms with Crippen LogP contribution in [-0.2, 0) is 14.3 Å². The zero-order valence-electron chi connectivity index (χ0n) is 22.7. The van der Waals surface area contributed by atoms with Gasteiger partial charge in [0.25, 0.3) is 0 Å². The third kappa shape index (κ3) is 3.84. The van der Waals surface area contributed by atoms with Crippen molar-refractivity contribution in [1.82, 2.24) is 9.80 Å². The minimum absolute atomic E-state index is 0.0305. The second-order valence-corrected chi connectivity index (χ2v) is 13.2. The number of carbonyl (C=O) groups is 1. The van der Waals surface area contributed by atoms with E-state index in [9.17, 15) is 4.79 Å². The van der Waals surface area contributed by atoms with Crippen LogP contribution in [0.4, 0.5) is 0 Å². The first-order valence-corrected chi connectivity index (χ1v) is 14.9. The van der Waals surface area contributed by atoms with E-state index in [1.54, 1.807) is 0 Å². The van der Waals surface area contributed by atoms with Gasteiger partial charge in [0.2, 0.25) is 0 Å². The molecule has 2 saturated heterocycles. The van der Waals surface area contributed by atoms with Crippen molar-refractivity contribution in [2.75, 3.05) is 20.1 Å². The highest BCUT2D eigenvalue weighted by Gasteiger charge is 2.66. The molecule has 5 fully saturated rings. The van der Waals surface area contributed by atoms with Crippen molar-refractivity contribution in [1.29, 1.82) is 0 Å². The van der Waals surface area contributed by atoms with Crippen LogP contribution in [-0.4, -0.2) is 78.2 Å². The van der Waals surface area contributed by atoms with Gasteiger partial charge < -0.3 is 14.4 Å². The maximum Gasteiger partial charge on any atom is 0.330 e. The van der Waals surface area contributed by atoms with Gasteiger partial charge in [0.1, 0.15) is 6.10 Å². The maximum absolute atomic E-state index is 12.0. The molecule has 1 spiro atoms. The van der Waals surface area contributed by atoms with Crippen LogP contribution >= 0.6 is 0 Å². The van der Waals surface area contributed by atoms with Gasteiger partial charge in [-0.2, -0.15) is 0 Å². The first-order chi connectivity index (χ1) is 17.4. The van der Waals surface area contributed by atoms with Gasteiger partial charge in [-0.1, -0.05) is 39.7 Å². The Labute approximate surface area is 217 Å². The molecule has 3 aliphatic carbocycles. The number of fused-ring (bicyclic) bond motifs is 4. The molecule has 36 heavy (non-hydrogen) atoms. The molecular weight excluding hydrogens is 450 g/mol. The number of hydrogen-bond donors (Lipinski definition) is 0. The smallest absolute Gasteiger partial charge is 0.330 e. The molecular formula is C30H47N3O3. The highest BCUT2D eigenvalue weighted by molar-refractivity contribution is 5.81. The van der Waals surface area contributed by atoms with Crippen LogP contribution < -0.4 is 0 Å². The third-order valence-corrected chi connectivity index (χ3v) is 11.4. The summed E-state index contributed by atoms with van der Waals surface area (Å²) in [6.45, 7) is 10.9. The van der Waals surface area contributed by atoms with Crippen molar-refractivity contribution in [3.05, 3.63) is 12.7 Å². The third-order valence-electron chi connectivity index (χ3n) is 11.4. The zero-order valence-corrected chi connectivity index (χ0v) is 22.7. The fourth-order valence-electron chi connectivity index (χ4n) is 9.52. The van der Waals surface area contributed by atoms with E-state index in [-0.39, 0.29) is 29.6 Å². The fourth-order valence-corrected chi connectivity index (χ4v) is 9.52. The van der Waals surface area contributed by atoms with E-state index < -0.39 is 5.72 Å². The number of hydrogen-bond acceptors (Lipinski definition) is 6. The summed E-state index contributed by atoms with van der Waals surface area (Å²) in [6, 6.07) is 1.30. The van der Waals surface area contributed by atoms with Gasteiger partial charge in [-0.25, -0.2) is 4.79 Å². The molecule has 0 aromatic heterocycles. The number of carbonyl (C=O) groups excluding carboxylic acids is 1. The van der Waals surface area contributed by atoms with E-state index in [2.05, 4.69) is 43.5 Å². The minimum Gasteiger partial charge on any atom is -0.459 e. The van der Waals surface area contributed by atoms with Gasteiger partial charge in [-0.05, 0) is 89.3 Å². The van der Waals surface area contributed by atoms with E-state index >= 15 is 0 Å². The topological polar surface area (TPSA) is 54.4 Å². The Balaban J connectivity index is 1.32. The van der Waals surface area contributed by atoms with E-state index in [1.807, 2.05) is 0 Å². The maximum atomic E-state index is 12.0. The summed E-state index contributed by atoms with van der Waals surface area (Å²) in [7, 11) is 2.29. The highest BCUT2D eigenvalue weighted by Crippen LogP contribution is 2.59. The SMILES string of the molecule is C=CC(=O)OC1CCC2C(C1)C1N=CC3(OC1CC2N1CCCCC1)N(C)C1CCCCC1C3(C)C. The summed E-state index contributed by atoms with van der Waals surface area (Å²) in [6.07, 6.45) is 16.9. The molecule has 0 amide bonds. The van der Waals surface area contributed by atoms with Gasteiger partial charge >= 0.3 is 5.97 Å². The predicted octanol–water partition coefficient (Wildman–Crippen LogP) is 4.82. The molecule has 3 saturated carbocycles. The molecule has 9 atom stereocenters. The summed E-state index contributed by atoms with van der Waals surface area (Å²) in [5.74, 6) is 1.37. The Morgan fingerprint density at radius 3 is 2.56 bits per heavy atom. The number of ether oxygens (including phenoxy) is 2. The number of piperidine rings is 1. The van der Waals surface area contributed by atoms with E-state index in [0.717, 1.165) is 25.7 Å². The van der Waals surface area contributed by atoms with Crippen LogP contribution in [0.1, 0.15) is 84.5 Å².